The van der Waals surface area contributed by atoms with E-state index in [0.717, 1.165) is 5.56 Å². The van der Waals surface area contributed by atoms with Crippen molar-refractivity contribution in [3.8, 4) is 11.5 Å². The molecule has 5 heteroatoms. The lowest BCUT2D eigenvalue weighted by Gasteiger charge is -2.31. The van der Waals surface area contributed by atoms with Crippen molar-refractivity contribution in [3.63, 3.8) is 0 Å². The second-order valence-electron chi connectivity index (χ2n) is 6.88. The van der Waals surface area contributed by atoms with Crippen molar-refractivity contribution in [2.75, 3.05) is 21.3 Å². The van der Waals surface area contributed by atoms with E-state index in [1.54, 1.807) is 26.4 Å². The first-order valence-electron chi connectivity index (χ1n) is 8.63. The van der Waals surface area contributed by atoms with E-state index in [4.69, 9.17) is 14.2 Å². The van der Waals surface area contributed by atoms with Crippen LogP contribution in [-0.2, 0) is 14.3 Å². The summed E-state index contributed by atoms with van der Waals surface area (Å²) in [5.41, 5.74) is 0.127. The maximum atomic E-state index is 13.2. The van der Waals surface area contributed by atoms with Crippen molar-refractivity contribution < 1.29 is 23.8 Å². The lowest BCUT2D eigenvalue weighted by molar-refractivity contribution is -0.136. The number of carbonyl (C=O) groups is 2. The minimum absolute atomic E-state index is 0.0458. The number of methoxy groups -OCH3 is 3. The average molecular weight is 356 g/mol. The molecule has 2 bridgehead atoms. The first-order valence-corrected chi connectivity index (χ1v) is 8.63. The van der Waals surface area contributed by atoms with Gasteiger partial charge in [0.15, 0.2) is 23.0 Å². The number of ketones is 2. The second kappa shape index (κ2) is 6.63. The molecule has 0 aromatic heterocycles. The molecule has 2 aliphatic rings. The van der Waals surface area contributed by atoms with Gasteiger partial charge < -0.3 is 14.2 Å². The number of hydrogen-bond donors (Lipinski definition) is 0. The Bertz CT molecular complexity index is 794. The predicted octanol–water partition coefficient (Wildman–Crippen LogP) is 3.30. The van der Waals surface area contributed by atoms with E-state index in [0.29, 0.717) is 17.9 Å². The number of fused-ring (bicyclic) bond motifs is 2. The Labute approximate surface area is 153 Å². The molecule has 0 radical (unpaired) electrons. The fourth-order valence-corrected chi connectivity index (χ4v) is 4.51. The zero-order valence-electron chi connectivity index (χ0n) is 15.6. The smallest absolute Gasteiger partial charge is 0.208 e. The predicted molar refractivity (Wildman–Crippen MR) is 97.3 cm³/mol. The molecule has 26 heavy (non-hydrogen) atoms. The van der Waals surface area contributed by atoms with Crippen molar-refractivity contribution >= 4 is 11.6 Å². The third kappa shape index (κ3) is 2.37. The number of Topliss-reactive ketones (excluding diaryl/α,β-unsaturated/α-hetero) is 2. The molecule has 0 N–H and O–H groups in total. The molecular formula is C21H24O5. The van der Waals surface area contributed by atoms with Crippen LogP contribution in [0.15, 0.2) is 42.7 Å². The van der Waals surface area contributed by atoms with E-state index in [-0.39, 0.29) is 29.2 Å². The van der Waals surface area contributed by atoms with Gasteiger partial charge in [0.2, 0.25) is 5.78 Å². The lowest BCUT2D eigenvalue weighted by atomic mass is 9.71. The van der Waals surface area contributed by atoms with Crippen molar-refractivity contribution in [1.29, 1.82) is 0 Å². The summed E-state index contributed by atoms with van der Waals surface area (Å²) in [5.74, 6) is 0.0905. The van der Waals surface area contributed by atoms with Crippen LogP contribution in [0.2, 0.25) is 0 Å². The summed E-state index contributed by atoms with van der Waals surface area (Å²) in [7, 11) is 4.61. The van der Waals surface area contributed by atoms with Crippen LogP contribution in [-0.4, -0.2) is 32.9 Å². The van der Waals surface area contributed by atoms with E-state index in [2.05, 4.69) is 6.58 Å². The summed E-state index contributed by atoms with van der Waals surface area (Å²) >= 11 is 0. The van der Waals surface area contributed by atoms with Gasteiger partial charge in [-0.05, 0) is 36.1 Å². The van der Waals surface area contributed by atoms with Crippen LogP contribution in [0.4, 0.5) is 0 Å². The maximum Gasteiger partial charge on any atom is 0.208 e. The monoisotopic (exact) mass is 356 g/mol. The van der Waals surface area contributed by atoms with Gasteiger partial charge in [0.1, 0.15) is 0 Å². The van der Waals surface area contributed by atoms with E-state index >= 15 is 0 Å². The Morgan fingerprint density at radius 3 is 2.38 bits per heavy atom. The maximum absolute atomic E-state index is 13.2. The molecule has 138 valence electrons. The number of carbonyl (C=O) groups excluding carboxylic acids is 2. The molecule has 0 spiro atoms. The van der Waals surface area contributed by atoms with Gasteiger partial charge in [-0.2, -0.15) is 0 Å². The normalized spacial score (nSPS) is 30.0. The Hall–Kier alpha value is -2.56. The highest BCUT2D eigenvalue weighted by Crippen LogP contribution is 2.59. The second-order valence-corrected chi connectivity index (χ2v) is 6.88. The number of allylic oxidation sites excluding steroid dienone is 3. The van der Waals surface area contributed by atoms with Crippen molar-refractivity contribution in [2.24, 2.45) is 17.3 Å². The molecule has 1 aromatic rings. The quantitative estimate of drug-likeness (QED) is 0.578. The summed E-state index contributed by atoms with van der Waals surface area (Å²) in [6, 6.07) is 5.57. The highest BCUT2D eigenvalue weighted by atomic mass is 16.5. The third-order valence-corrected chi connectivity index (χ3v) is 5.86. The Morgan fingerprint density at radius 1 is 1.12 bits per heavy atom. The molecule has 0 saturated heterocycles. The summed E-state index contributed by atoms with van der Waals surface area (Å²) < 4.78 is 16.0. The van der Waals surface area contributed by atoms with Gasteiger partial charge >= 0.3 is 0 Å². The number of ether oxygens (including phenoxy) is 3. The van der Waals surface area contributed by atoms with Gasteiger partial charge in [-0.1, -0.05) is 19.1 Å². The lowest BCUT2D eigenvalue weighted by Crippen LogP contribution is -2.38. The van der Waals surface area contributed by atoms with Crippen LogP contribution in [0.5, 0.6) is 11.5 Å². The molecule has 0 heterocycles. The summed E-state index contributed by atoms with van der Waals surface area (Å²) in [6.07, 6.45) is 3.93. The van der Waals surface area contributed by atoms with E-state index in [9.17, 15) is 9.59 Å². The Morgan fingerprint density at radius 2 is 1.81 bits per heavy atom. The Kier molecular flexibility index (Phi) is 4.65. The zero-order chi connectivity index (χ0) is 19.1. The van der Waals surface area contributed by atoms with Gasteiger partial charge in [-0.15, -0.1) is 6.58 Å². The van der Waals surface area contributed by atoms with Crippen molar-refractivity contribution in [3.05, 3.63) is 48.3 Å². The van der Waals surface area contributed by atoms with Crippen LogP contribution in [0, 0.1) is 17.3 Å². The van der Waals surface area contributed by atoms with Crippen LogP contribution in [0.1, 0.15) is 24.8 Å². The summed E-state index contributed by atoms with van der Waals surface area (Å²) in [6.45, 7) is 5.83. The van der Waals surface area contributed by atoms with Crippen LogP contribution in [0.3, 0.4) is 0 Å². The highest BCUT2D eigenvalue weighted by Gasteiger charge is 2.62. The topological polar surface area (TPSA) is 61.8 Å². The molecule has 1 saturated carbocycles. The molecule has 0 aliphatic heterocycles. The minimum atomic E-state index is -0.760. The van der Waals surface area contributed by atoms with Gasteiger partial charge in [-0.3, -0.25) is 9.59 Å². The average Bonchev–Trinajstić information content (AvgIpc) is 2.80. The fourth-order valence-electron chi connectivity index (χ4n) is 4.51. The van der Waals surface area contributed by atoms with Crippen LogP contribution < -0.4 is 9.47 Å². The van der Waals surface area contributed by atoms with Crippen LogP contribution in [0.25, 0.3) is 0 Å². The Balaban J connectivity index is 2.15. The summed E-state index contributed by atoms with van der Waals surface area (Å²) in [4.78, 5) is 26.1. The number of benzene rings is 1. The molecular weight excluding hydrogens is 332 g/mol. The molecule has 1 fully saturated rings. The highest BCUT2D eigenvalue weighted by molar-refractivity contribution is 6.17. The first-order chi connectivity index (χ1) is 12.4. The molecule has 4 atom stereocenters. The SMILES string of the molecule is C=CC[C@]12C=C(OC)C(=O)[C@H](C1=O)[C@@H](c1ccc(OC)c(OC)c1)[C@@H]2C. The standard InChI is InChI=1S/C21H24O5/c1-6-9-21-11-16(26-5)19(22)18(20(21)23)17(12(21)2)13-7-8-14(24-3)15(10-13)25-4/h6-8,10-12,17-18H,1,9H2,2-5H3/t12-,17+,18+,21+/m0/s1. The van der Waals surface area contributed by atoms with Crippen LogP contribution >= 0.6 is 0 Å². The van der Waals surface area contributed by atoms with E-state index in [1.165, 1.54) is 7.11 Å². The molecule has 3 rings (SSSR count). The van der Waals surface area contributed by atoms with Gasteiger partial charge in [0.25, 0.3) is 0 Å². The summed E-state index contributed by atoms with van der Waals surface area (Å²) in [5, 5.41) is 0. The molecule has 2 aliphatic carbocycles. The molecule has 1 aromatic carbocycles. The van der Waals surface area contributed by atoms with Crippen molar-refractivity contribution in [2.45, 2.75) is 19.3 Å². The first kappa shape index (κ1) is 18.2. The zero-order valence-corrected chi connectivity index (χ0v) is 15.6. The molecule has 0 amide bonds. The largest absolute Gasteiger partial charge is 0.493 e. The van der Waals surface area contributed by atoms with E-state index in [1.807, 2.05) is 25.1 Å². The fraction of sp³-hybridized carbons (Fsp3) is 0.429. The molecule has 0 unspecified atom stereocenters. The number of rotatable bonds is 6. The van der Waals surface area contributed by atoms with E-state index < -0.39 is 11.3 Å². The van der Waals surface area contributed by atoms with Gasteiger partial charge in [0.05, 0.1) is 32.7 Å². The minimum Gasteiger partial charge on any atom is -0.493 e. The third-order valence-electron chi connectivity index (χ3n) is 5.86. The number of hydrogen-bond acceptors (Lipinski definition) is 5. The van der Waals surface area contributed by atoms with Gasteiger partial charge in [-0.25, -0.2) is 0 Å². The molecule has 5 nitrogen and oxygen atoms in total. The van der Waals surface area contributed by atoms with Gasteiger partial charge in [0, 0.05) is 5.92 Å². The van der Waals surface area contributed by atoms with Crippen molar-refractivity contribution in [1.82, 2.24) is 0 Å².